The topological polar surface area (TPSA) is 36.3 Å². The molecule has 1 fully saturated rings. The second kappa shape index (κ2) is 9.15. The fourth-order valence-corrected chi connectivity index (χ4v) is 5.31. The van der Waals surface area contributed by atoms with E-state index < -0.39 is 0 Å². The summed E-state index contributed by atoms with van der Waals surface area (Å²) in [6.07, 6.45) is 1.81. The number of benzene rings is 2. The number of aromatic nitrogens is 2. The second-order valence-electron chi connectivity index (χ2n) is 9.05. The molecule has 7 heteroatoms. The van der Waals surface area contributed by atoms with Gasteiger partial charge < -0.3 is 19.7 Å². The minimum atomic E-state index is -0.255. The first-order chi connectivity index (χ1) is 16.8. The molecule has 1 aliphatic rings. The van der Waals surface area contributed by atoms with Crippen molar-refractivity contribution >= 4 is 28.7 Å². The highest BCUT2D eigenvalue weighted by atomic mass is 32.1. The Balaban J connectivity index is 1.66. The molecule has 2 atom stereocenters. The van der Waals surface area contributed by atoms with Crippen molar-refractivity contribution in [1.29, 1.82) is 0 Å². The molecular weight excluding hydrogens is 457 g/mol. The average molecular weight is 486 g/mol. The predicted octanol–water partition coefficient (Wildman–Crippen LogP) is 5.87. The number of halogens is 1. The number of anilines is 2. The van der Waals surface area contributed by atoms with E-state index in [2.05, 4.69) is 61.9 Å². The average Bonchev–Trinajstić information content (AvgIpc) is 3.34. The van der Waals surface area contributed by atoms with E-state index >= 15 is 0 Å². The maximum atomic E-state index is 14.1. The molecule has 0 bridgehead atoms. The van der Waals surface area contributed by atoms with E-state index in [1.807, 2.05) is 51.5 Å². The molecule has 2 aromatic heterocycles. The first-order valence-corrected chi connectivity index (χ1v) is 12.0. The summed E-state index contributed by atoms with van der Waals surface area (Å²) >= 11 is 5.87. The highest BCUT2D eigenvalue weighted by molar-refractivity contribution is 7.80. The first kappa shape index (κ1) is 23.1. The smallest absolute Gasteiger partial charge is 0.174 e. The second-order valence-corrected chi connectivity index (χ2v) is 9.44. The number of rotatable bonds is 5. The van der Waals surface area contributed by atoms with E-state index in [4.69, 9.17) is 12.2 Å². The lowest BCUT2D eigenvalue weighted by Crippen LogP contribution is -2.29. The molecule has 4 aromatic rings. The highest BCUT2D eigenvalue weighted by Crippen LogP contribution is 2.44. The lowest BCUT2D eigenvalue weighted by molar-refractivity contribution is 0.565. The van der Waals surface area contributed by atoms with E-state index in [1.165, 1.54) is 6.07 Å². The zero-order valence-corrected chi connectivity index (χ0v) is 21.1. The molecule has 0 unspecified atom stereocenters. The van der Waals surface area contributed by atoms with Gasteiger partial charge in [-0.1, -0.05) is 12.1 Å². The van der Waals surface area contributed by atoms with Crippen LogP contribution in [0.1, 0.15) is 34.7 Å². The van der Waals surface area contributed by atoms with Gasteiger partial charge in [-0.25, -0.2) is 4.39 Å². The van der Waals surface area contributed by atoms with E-state index in [1.54, 1.807) is 12.1 Å². The van der Waals surface area contributed by atoms with E-state index in [0.717, 1.165) is 39.7 Å². The molecule has 3 heterocycles. The Labute approximate surface area is 210 Å². The number of hydrogen-bond donors (Lipinski definition) is 1. The van der Waals surface area contributed by atoms with Crippen molar-refractivity contribution < 1.29 is 4.39 Å². The van der Waals surface area contributed by atoms with Crippen LogP contribution in [0.2, 0.25) is 0 Å². The summed E-state index contributed by atoms with van der Waals surface area (Å²) in [5.41, 5.74) is 7.04. The first-order valence-electron chi connectivity index (χ1n) is 11.6. The molecule has 0 radical (unpaired) electrons. The Morgan fingerprint density at radius 3 is 2.37 bits per heavy atom. The van der Waals surface area contributed by atoms with Crippen LogP contribution in [-0.2, 0) is 0 Å². The van der Waals surface area contributed by atoms with Crippen LogP contribution >= 0.6 is 12.2 Å². The minimum absolute atomic E-state index is 0.129. The molecule has 0 amide bonds. The number of hydrogen-bond acceptors (Lipinski definition) is 3. The molecule has 5 nitrogen and oxygen atoms in total. The normalized spacial score (nSPS) is 17.5. The fraction of sp³-hybridized carbons (Fsp3) is 0.214. The summed E-state index contributed by atoms with van der Waals surface area (Å²) in [5.74, 6) is -0.255. The zero-order chi connectivity index (χ0) is 24.7. The molecule has 5 rings (SSSR count). The summed E-state index contributed by atoms with van der Waals surface area (Å²) in [7, 11) is 4.05. The maximum absolute atomic E-state index is 14.1. The summed E-state index contributed by atoms with van der Waals surface area (Å²) in [6, 6.07) is 22.9. The molecule has 1 N–H and O–H groups in total. The molecule has 1 saturated heterocycles. The lowest BCUT2D eigenvalue weighted by Gasteiger charge is -2.28. The SMILES string of the molecule is Cc1cc([C@H]2[C@@H](c3ccccn3)NC(=S)N2c2ccc(N(C)C)cc2)c(C)n1-c1cccc(F)c1. The Morgan fingerprint density at radius 2 is 1.71 bits per heavy atom. The molecule has 0 aliphatic carbocycles. The van der Waals surface area contributed by atoms with E-state index in [9.17, 15) is 4.39 Å². The van der Waals surface area contributed by atoms with Gasteiger partial charge in [0.25, 0.3) is 0 Å². The van der Waals surface area contributed by atoms with Crippen LogP contribution in [0.5, 0.6) is 0 Å². The van der Waals surface area contributed by atoms with E-state index in [0.29, 0.717) is 5.11 Å². The van der Waals surface area contributed by atoms with E-state index in [-0.39, 0.29) is 17.9 Å². The van der Waals surface area contributed by atoms with Gasteiger partial charge in [-0.15, -0.1) is 0 Å². The molecule has 0 spiro atoms. The Kier molecular flexibility index (Phi) is 6.03. The number of thiocarbonyl (C=S) groups is 1. The third-order valence-electron chi connectivity index (χ3n) is 6.60. The van der Waals surface area contributed by atoms with Crippen LogP contribution in [-0.4, -0.2) is 28.8 Å². The molecule has 178 valence electrons. The number of nitrogens with zero attached hydrogens (tertiary/aromatic N) is 4. The van der Waals surface area contributed by atoms with Gasteiger partial charge in [0, 0.05) is 48.7 Å². The van der Waals surface area contributed by atoms with Crippen molar-refractivity contribution in [3.8, 4) is 5.69 Å². The maximum Gasteiger partial charge on any atom is 0.174 e. The molecule has 2 aromatic carbocycles. The van der Waals surface area contributed by atoms with Gasteiger partial charge in [0.1, 0.15) is 5.82 Å². The molecular formula is C28H28FN5S. The van der Waals surface area contributed by atoms with Crippen LogP contribution < -0.4 is 15.1 Å². The molecule has 35 heavy (non-hydrogen) atoms. The zero-order valence-electron chi connectivity index (χ0n) is 20.2. The van der Waals surface area contributed by atoms with Crippen molar-refractivity contribution in [2.75, 3.05) is 23.9 Å². The van der Waals surface area contributed by atoms with Crippen LogP contribution in [0.15, 0.2) is 79.0 Å². The number of pyridine rings is 1. The largest absolute Gasteiger partial charge is 0.378 e. The summed E-state index contributed by atoms with van der Waals surface area (Å²) in [4.78, 5) is 8.90. The van der Waals surface area contributed by atoms with Gasteiger partial charge in [-0.05, 0) is 92.3 Å². The van der Waals surface area contributed by atoms with Gasteiger partial charge in [0.2, 0.25) is 0 Å². The Hall–Kier alpha value is -3.71. The van der Waals surface area contributed by atoms with Gasteiger partial charge in [0.15, 0.2) is 5.11 Å². The standard InChI is InChI=1S/C28H28FN5S/c1-18-16-24(19(2)33(18)23-9-7-8-20(29)17-23)27-26(25-10-5-6-15-30-25)31-28(35)34(27)22-13-11-21(12-14-22)32(3)4/h5-17,26-27H,1-4H3,(H,31,35)/t26-,27+/m1/s1. The van der Waals surface area contributed by atoms with Crippen molar-refractivity contribution in [2.45, 2.75) is 25.9 Å². The van der Waals surface area contributed by atoms with Gasteiger partial charge in [0.05, 0.1) is 17.8 Å². The van der Waals surface area contributed by atoms with Crippen LogP contribution in [0, 0.1) is 19.7 Å². The van der Waals surface area contributed by atoms with Gasteiger partial charge in [-0.2, -0.15) is 0 Å². The highest BCUT2D eigenvalue weighted by Gasteiger charge is 2.42. The quantitative estimate of drug-likeness (QED) is 0.358. The molecule has 1 aliphatic heterocycles. The van der Waals surface area contributed by atoms with Crippen molar-refractivity contribution in [3.63, 3.8) is 0 Å². The minimum Gasteiger partial charge on any atom is -0.378 e. The number of nitrogens with one attached hydrogen (secondary N) is 1. The van der Waals surface area contributed by atoms with Gasteiger partial charge >= 0.3 is 0 Å². The monoisotopic (exact) mass is 485 g/mol. The summed E-state index contributed by atoms with van der Waals surface area (Å²) < 4.78 is 16.2. The third kappa shape index (κ3) is 4.17. The summed E-state index contributed by atoms with van der Waals surface area (Å²) in [5, 5.41) is 4.18. The summed E-state index contributed by atoms with van der Waals surface area (Å²) in [6.45, 7) is 4.13. The molecule has 0 saturated carbocycles. The Bertz CT molecular complexity index is 1360. The number of aryl methyl sites for hydroxylation is 1. The van der Waals surface area contributed by atoms with Crippen LogP contribution in [0.25, 0.3) is 5.69 Å². The van der Waals surface area contributed by atoms with Gasteiger partial charge in [-0.3, -0.25) is 4.98 Å². The Morgan fingerprint density at radius 1 is 0.943 bits per heavy atom. The predicted molar refractivity (Wildman–Crippen MR) is 144 cm³/mol. The van der Waals surface area contributed by atoms with Crippen molar-refractivity contribution in [3.05, 3.63) is 107 Å². The third-order valence-corrected chi connectivity index (χ3v) is 6.91. The lowest BCUT2D eigenvalue weighted by atomic mass is 9.96. The van der Waals surface area contributed by atoms with Crippen molar-refractivity contribution in [1.82, 2.24) is 14.9 Å². The fourth-order valence-electron chi connectivity index (χ4n) is 4.96. The van der Waals surface area contributed by atoms with Crippen molar-refractivity contribution in [2.24, 2.45) is 0 Å². The van der Waals surface area contributed by atoms with Crippen LogP contribution in [0.4, 0.5) is 15.8 Å². The van der Waals surface area contributed by atoms with Crippen LogP contribution in [0.3, 0.4) is 0 Å².